The van der Waals surface area contributed by atoms with Crippen molar-refractivity contribution in [2.45, 2.75) is 25.0 Å². The van der Waals surface area contributed by atoms with Crippen LogP contribution in [0.25, 0.3) is 0 Å². The SMILES string of the molecule is NC(=O)C(O)C(O)c1ccc2c(c1)CCC(=O)N2. The molecule has 2 unspecified atom stereocenters. The lowest BCUT2D eigenvalue weighted by molar-refractivity contribution is -0.132. The van der Waals surface area contributed by atoms with Gasteiger partial charge >= 0.3 is 0 Å². The first-order chi connectivity index (χ1) is 8.49. The number of benzene rings is 1. The minimum absolute atomic E-state index is 0.0482. The monoisotopic (exact) mass is 250 g/mol. The van der Waals surface area contributed by atoms with Gasteiger partial charge in [0.05, 0.1) is 0 Å². The van der Waals surface area contributed by atoms with E-state index in [9.17, 15) is 19.8 Å². The Hall–Kier alpha value is -1.92. The molecule has 0 aromatic heterocycles. The van der Waals surface area contributed by atoms with Crippen molar-refractivity contribution in [1.82, 2.24) is 0 Å². The van der Waals surface area contributed by atoms with E-state index in [4.69, 9.17) is 5.73 Å². The second-order valence-electron chi connectivity index (χ2n) is 4.26. The fourth-order valence-electron chi connectivity index (χ4n) is 1.93. The summed E-state index contributed by atoms with van der Waals surface area (Å²) in [7, 11) is 0. The van der Waals surface area contributed by atoms with Crippen LogP contribution >= 0.6 is 0 Å². The predicted octanol–water partition coefficient (Wildman–Crippen LogP) is -0.549. The normalized spacial score (nSPS) is 17.6. The minimum atomic E-state index is -1.64. The largest absolute Gasteiger partial charge is 0.385 e. The van der Waals surface area contributed by atoms with Crippen LogP contribution < -0.4 is 11.1 Å². The van der Waals surface area contributed by atoms with E-state index in [0.29, 0.717) is 24.1 Å². The summed E-state index contributed by atoms with van der Waals surface area (Å²) in [6.45, 7) is 0. The summed E-state index contributed by atoms with van der Waals surface area (Å²) in [6.07, 6.45) is -2.05. The van der Waals surface area contributed by atoms with Gasteiger partial charge in [0.2, 0.25) is 11.8 Å². The van der Waals surface area contributed by atoms with Crippen LogP contribution in [0.3, 0.4) is 0 Å². The average molecular weight is 250 g/mol. The molecule has 0 saturated heterocycles. The molecule has 6 nitrogen and oxygen atoms in total. The standard InChI is InChI=1S/C12H14N2O4/c13-12(18)11(17)10(16)7-1-3-8-6(5-7)2-4-9(15)14-8/h1,3,5,10-11,16-17H,2,4H2,(H2,13,18)(H,14,15). The highest BCUT2D eigenvalue weighted by molar-refractivity contribution is 5.93. The summed E-state index contributed by atoms with van der Waals surface area (Å²) >= 11 is 0. The van der Waals surface area contributed by atoms with E-state index in [1.165, 1.54) is 0 Å². The topological polar surface area (TPSA) is 113 Å². The van der Waals surface area contributed by atoms with Crippen LogP contribution in [-0.2, 0) is 16.0 Å². The first kappa shape index (κ1) is 12.5. The number of aryl methyl sites for hydroxylation is 1. The first-order valence-electron chi connectivity index (χ1n) is 5.57. The van der Waals surface area contributed by atoms with Crippen molar-refractivity contribution in [3.63, 3.8) is 0 Å². The van der Waals surface area contributed by atoms with Crippen molar-refractivity contribution in [2.24, 2.45) is 5.73 Å². The highest BCUT2D eigenvalue weighted by atomic mass is 16.3. The Labute approximate surface area is 103 Å². The number of primary amides is 1. The Morgan fingerprint density at radius 3 is 2.72 bits per heavy atom. The third-order valence-corrected chi connectivity index (χ3v) is 2.96. The molecule has 0 fully saturated rings. The van der Waals surface area contributed by atoms with Crippen molar-refractivity contribution in [3.8, 4) is 0 Å². The molecular formula is C12H14N2O4. The summed E-state index contributed by atoms with van der Waals surface area (Å²) in [5.74, 6) is -1.03. The number of hydrogen-bond acceptors (Lipinski definition) is 4. The number of nitrogens with one attached hydrogen (secondary N) is 1. The lowest BCUT2D eigenvalue weighted by Gasteiger charge is -2.20. The summed E-state index contributed by atoms with van der Waals surface area (Å²) in [5.41, 5.74) is 6.88. The molecule has 0 aliphatic carbocycles. The van der Waals surface area contributed by atoms with Gasteiger partial charge in [0.25, 0.3) is 0 Å². The van der Waals surface area contributed by atoms with Crippen LogP contribution in [0.5, 0.6) is 0 Å². The van der Waals surface area contributed by atoms with Crippen molar-refractivity contribution in [1.29, 1.82) is 0 Å². The first-order valence-corrected chi connectivity index (χ1v) is 5.57. The molecule has 2 rings (SSSR count). The number of aliphatic hydroxyl groups excluding tert-OH is 2. The second kappa shape index (κ2) is 4.75. The summed E-state index contributed by atoms with van der Waals surface area (Å²) in [6, 6.07) is 4.84. The van der Waals surface area contributed by atoms with Crippen LogP contribution in [0.1, 0.15) is 23.7 Å². The van der Waals surface area contributed by atoms with E-state index in [2.05, 4.69) is 5.32 Å². The lowest BCUT2D eigenvalue weighted by Crippen LogP contribution is -2.34. The molecule has 1 aliphatic heterocycles. The molecule has 0 bridgehead atoms. The Morgan fingerprint density at radius 1 is 1.33 bits per heavy atom. The molecule has 1 heterocycles. The Morgan fingerprint density at radius 2 is 2.06 bits per heavy atom. The highest BCUT2D eigenvalue weighted by Gasteiger charge is 2.24. The van der Waals surface area contributed by atoms with Crippen LogP contribution in [-0.4, -0.2) is 28.1 Å². The van der Waals surface area contributed by atoms with Gasteiger partial charge in [0.1, 0.15) is 6.10 Å². The maximum Gasteiger partial charge on any atom is 0.249 e. The molecule has 0 spiro atoms. The number of nitrogens with two attached hydrogens (primary N) is 1. The quantitative estimate of drug-likeness (QED) is 0.576. The van der Waals surface area contributed by atoms with Crippen LogP contribution in [0.2, 0.25) is 0 Å². The molecule has 0 radical (unpaired) electrons. The van der Waals surface area contributed by atoms with Crippen molar-refractivity contribution >= 4 is 17.5 Å². The van der Waals surface area contributed by atoms with Gasteiger partial charge in [-0.1, -0.05) is 12.1 Å². The van der Waals surface area contributed by atoms with E-state index in [0.717, 1.165) is 5.56 Å². The molecule has 1 aromatic rings. The predicted molar refractivity (Wildman–Crippen MR) is 63.6 cm³/mol. The minimum Gasteiger partial charge on any atom is -0.385 e. The molecular weight excluding hydrogens is 236 g/mol. The fourth-order valence-corrected chi connectivity index (χ4v) is 1.93. The van der Waals surface area contributed by atoms with Gasteiger partial charge in [-0.3, -0.25) is 9.59 Å². The lowest BCUT2D eigenvalue weighted by atomic mass is 9.96. The number of hydrogen-bond donors (Lipinski definition) is 4. The van der Waals surface area contributed by atoms with E-state index in [-0.39, 0.29) is 5.91 Å². The smallest absolute Gasteiger partial charge is 0.249 e. The zero-order valence-electron chi connectivity index (χ0n) is 9.59. The molecule has 6 heteroatoms. The second-order valence-corrected chi connectivity index (χ2v) is 4.26. The average Bonchev–Trinajstić information content (AvgIpc) is 2.36. The van der Waals surface area contributed by atoms with Gasteiger partial charge in [-0.05, 0) is 23.6 Å². The van der Waals surface area contributed by atoms with E-state index < -0.39 is 18.1 Å². The van der Waals surface area contributed by atoms with Crippen molar-refractivity contribution < 1.29 is 19.8 Å². The van der Waals surface area contributed by atoms with Gasteiger partial charge in [-0.25, -0.2) is 0 Å². The molecule has 1 aromatic carbocycles. The third kappa shape index (κ3) is 2.34. The van der Waals surface area contributed by atoms with Gasteiger partial charge < -0.3 is 21.3 Å². The Balaban J connectivity index is 2.26. The molecule has 18 heavy (non-hydrogen) atoms. The molecule has 2 amide bonds. The fraction of sp³-hybridized carbons (Fsp3) is 0.333. The molecule has 1 aliphatic rings. The zero-order chi connectivity index (χ0) is 13.3. The number of carbonyl (C=O) groups is 2. The summed E-state index contributed by atoms with van der Waals surface area (Å²) in [5, 5.41) is 21.9. The van der Waals surface area contributed by atoms with Crippen LogP contribution in [0, 0.1) is 0 Å². The number of anilines is 1. The molecule has 2 atom stereocenters. The number of carbonyl (C=O) groups excluding carboxylic acids is 2. The van der Waals surface area contributed by atoms with Gasteiger partial charge in [-0.2, -0.15) is 0 Å². The van der Waals surface area contributed by atoms with E-state index in [1.54, 1.807) is 18.2 Å². The number of rotatable bonds is 3. The maximum atomic E-state index is 11.2. The summed E-state index contributed by atoms with van der Waals surface area (Å²) < 4.78 is 0. The molecule has 5 N–H and O–H groups in total. The Bertz CT molecular complexity index is 501. The van der Waals surface area contributed by atoms with E-state index >= 15 is 0 Å². The van der Waals surface area contributed by atoms with Crippen molar-refractivity contribution in [2.75, 3.05) is 5.32 Å². The number of fused-ring (bicyclic) bond motifs is 1. The third-order valence-electron chi connectivity index (χ3n) is 2.96. The van der Waals surface area contributed by atoms with Crippen LogP contribution in [0.15, 0.2) is 18.2 Å². The van der Waals surface area contributed by atoms with Gasteiger partial charge in [0.15, 0.2) is 6.10 Å². The number of amides is 2. The summed E-state index contributed by atoms with van der Waals surface area (Å²) in [4.78, 5) is 22.0. The highest BCUT2D eigenvalue weighted by Crippen LogP contribution is 2.27. The molecule has 96 valence electrons. The van der Waals surface area contributed by atoms with E-state index in [1.807, 2.05) is 0 Å². The van der Waals surface area contributed by atoms with Crippen molar-refractivity contribution in [3.05, 3.63) is 29.3 Å². The number of aliphatic hydroxyl groups is 2. The molecule has 0 saturated carbocycles. The Kier molecular flexibility index (Phi) is 3.31. The zero-order valence-corrected chi connectivity index (χ0v) is 9.59. The van der Waals surface area contributed by atoms with Crippen LogP contribution in [0.4, 0.5) is 5.69 Å². The maximum absolute atomic E-state index is 11.2. The van der Waals surface area contributed by atoms with Gasteiger partial charge in [0, 0.05) is 12.1 Å². The van der Waals surface area contributed by atoms with Gasteiger partial charge in [-0.15, -0.1) is 0 Å².